The van der Waals surface area contributed by atoms with Gasteiger partial charge in [0, 0.05) is 32.2 Å². The number of hydrogen-bond donors (Lipinski definition) is 0. The van der Waals surface area contributed by atoms with Crippen LogP contribution < -0.4 is 9.47 Å². The molecule has 0 aliphatic carbocycles. The van der Waals surface area contributed by atoms with Crippen LogP contribution in [0.3, 0.4) is 0 Å². The molecular weight excluding hydrogens is 442 g/mol. The first kappa shape index (κ1) is 23.0. The quantitative estimate of drug-likeness (QED) is 0.479. The molecule has 1 fully saturated rings. The van der Waals surface area contributed by atoms with Crippen LogP contribution in [0.15, 0.2) is 41.3 Å². The van der Waals surface area contributed by atoms with Crippen molar-refractivity contribution in [2.24, 2.45) is 0 Å². The Morgan fingerprint density at radius 2 is 1.90 bits per heavy atom. The van der Waals surface area contributed by atoms with Crippen LogP contribution in [0.5, 0.6) is 11.5 Å². The number of esters is 1. The highest BCUT2D eigenvalue weighted by molar-refractivity contribution is 7.89. The van der Waals surface area contributed by atoms with E-state index in [4.69, 9.17) is 26.3 Å². The van der Waals surface area contributed by atoms with E-state index in [1.807, 2.05) is 13.1 Å². The van der Waals surface area contributed by atoms with E-state index < -0.39 is 16.0 Å². The summed E-state index contributed by atoms with van der Waals surface area (Å²) in [5.41, 5.74) is 0.312. The summed E-state index contributed by atoms with van der Waals surface area (Å²) in [5.74, 6) is -0.663. The number of rotatable bonds is 6. The second-order valence-electron chi connectivity index (χ2n) is 6.95. The van der Waals surface area contributed by atoms with Gasteiger partial charge in [0.25, 0.3) is 0 Å². The van der Waals surface area contributed by atoms with Crippen LogP contribution in [0.25, 0.3) is 0 Å². The maximum atomic E-state index is 13.0. The first-order valence-electron chi connectivity index (χ1n) is 9.63. The highest BCUT2D eigenvalue weighted by Crippen LogP contribution is 2.37. The molecule has 164 valence electrons. The number of hydrogen-bond acceptors (Lipinski definition) is 7. The Morgan fingerprint density at radius 3 is 2.55 bits per heavy atom. The topological polar surface area (TPSA) is 99.9 Å². The Bertz CT molecular complexity index is 1120. The zero-order chi connectivity index (χ0) is 22.6. The van der Waals surface area contributed by atoms with Gasteiger partial charge < -0.3 is 14.4 Å². The highest BCUT2D eigenvalue weighted by atomic mass is 35.5. The summed E-state index contributed by atoms with van der Waals surface area (Å²) in [7, 11) is -1.80. The van der Waals surface area contributed by atoms with Crippen LogP contribution in [-0.2, 0) is 10.0 Å². The van der Waals surface area contributed by atoms with Crippen molar-refractivity contribution in [2.45, 2.75) is 11.8 Å². The largest absolute Gasteiger partial charge is 0.490 e. The number of ether oxygens (including phenoxy) is 2. The zero-order valence-electron chi connectivity index (χ0n) is 17.2. The van der Waals surface area contributed by atoms with Crippen molar-refractivity contribution in [2.75, 3.05) is 39.8 Å². The van der Waals surface area contributed by atoms with E-state index in [0.717, 1.165) is 0 Å². The molecule has 10 heteroatoms. The molecule has 31 heavy (non-hydrogen) atoms. The molecule has 2 aromatic rings. The second-order valence-corrected chi connectivity index (χ2v) is 9.30. The second kappa shape index (κ2) is 9.66. The number of carbonyl (C=O) groups is 1. The fraction of sp³-hybridized carbons (Fsp3) is 0.333. The van der Waals surface area contributed by atoms with Gasteiger partial charge in [0.2, 0.25) is 10.0 Å². The van der Waals surface area contributed by atoms with Crippen LogP contribution in [0.4, 0.5) is 0 Å². The Labute approximate surface area is 186 Å². The van der Waals surface area contributed by atoms with E-state index in [-0.39, 0.29) is 39.2 Å². The van der Waals surface area contributed by atoms with E-state index in [0.29, 0.717) is 26.2 Å². The predicted molar refractivity (Wildman–Crippen MR) is 115 cm³/mol. The van der Waals surface area contributed by atoms with Gasteiger partial charge in [0.05, 0.1) is 33.7 Å². The lowest BCUT2D eigenvalue weighted by molar-refractivity contribution is 0.0728. The SMILES string of the molecule is CCOc1cc(C#N)cc(Cl)c1OC(=O)c1cccc(S(=O)(=O)N2CCN(C)CC2)c1. The minimum absolute atomic E-state index is 0.0162. The minimum Gasteiger partial charge on any atom is -0.490 e. The predicted octanol–water partition coefficient (Wildman–Crippen LogP) is 2.77. The van der Waals surface area contributed by atoms with E-state index in [9.17, 15) is 13.2 Å². The van der Waals surface area contributed by atoms with Crippen molar-refractivity contribution in [1.29, 1.82) is 5.26 Å². The summed E-state index contributed by atoms with van der Waals surface area (Å²) in [4.78, 5) is 14.8. The zero-order valence-corrected chi connectivity index (χ0v) is 18.7. The number of sulfonamides is 1. The van der Waals surface area contributed by atoms with Crippen molar-refractivity contribution in [3.8, 4) is 17.6 Å². The third-order valence-corrected chi connectivity index (χ3v) is 6.98. The molecule has 8 nitrogen and oxygen atoms in total. The van der Waals surface area contributed by atoms with Gasteiger partial charge in [-0.3, -0.25) is 0 Å². The molecule has 0 aromatic heterocycles. The Kier molecular flexibility index (Phi) is 7.18. The highest BCUT2D eigenvalue weighted by Gasteiger charge is 2.28. The molecule has 1 aliphatic rings. The van der Waals surface area contributed by atoms with Crippen molar-refractivity contribution in [1.82, 2.24) is 9.21 Å². The molecule has 1 aliphatic heterocycles. The average Bonchev–Trinajstić information content (AvgIpc) is 2.76. The lowest BCUT2D eigenvalue weighted by Gasteiger charge is -2.31. The maximum absolute atomic E-state index is 13.0. The number of halogens is 1. The van der Waals surface area contributed by atoms with E-state index in [2.05, 4.69) is 4.90 Å². The normalized spacial score (nSPS) is 15.3. The number of nitriles is 1. The molecule has 0 atom stereocenters. The Balaban J connectivity index is 1.87. The van der Waals surface area contributed by atoms with Crippen molar-refractivity contribution in [3.63, 3.8) is 0 Å². The lowest BCUT2D eigenvalue weighted by atomic mass is 10.2. The number of likely N-dealkylation sites (N-methyl/N-ethyl adjacent to an activating group) is 1. The molecule has 0 unspecified atom stereocenters. The van der Waals surface area contributed by atoms with E-state index >= 15 is 0 Å². The van der Waals surface area contributed by atoms with Crippen molar-refractivity contribution < 1.29 is 22.7 Å². The molecule has 1 heterocycles. The first-order chi connectivity index (χ1) is 14.8. The third kappa shape index (κ3) is 5.17. The molecular formula is C21H22ClN3O5S. The third-order valence-electron chi connectivity index (χ3n) is 4.80. The molecule has 0 radical (unpaired) electrons. The van der Waals surface area contributed by atoms with Gasteiger partial charge in [-0.2, -0.15) is 9.57 Å². The van der Waals surface area contributed by atoms with E-state index in [1.165, 1.54) is 40.7 Å². The number of carbonyl (C=O) groups excluding carboxylic acids is 1. The van der Waals surface area contributed by atoms with E-state index in [1.54, 1.807) is 6.92 Å². The maximum Gasteiger partial charge on any atom is 0.343 e. The van der Waals surface area contributed by atoms with Crippen LogP contribution >= 0.6 is 11.6 Å². The first-order valence-corrected chi connectivity index (χ1v) is 11.5. The lowest BCUT2D eigenvalue weighted by Crippen LogP contribution is -2.47. The average molecular weight is 464 g/mol. The van der Waals surface area contributed by atoms with Crippen molar-refractivity contribution >= 4 is 27.6 Å². The standard InChI is InChI=1S/C21H22ClN3O5S/c1-3-29-19-12-15(14-23)11-18(22)20(19)30-21(26)16-5-4-6-17(13-16)31(27,28)25-9-7-24(2)8-10-25/h4-6,11-13H,3,7-10H2,1-2H3. The molecule has 0 saturated carbocycles. The van der Waals surface area contributed by atoms with Crippen LogP contribution in [-0.4, -0.2) is 63.4 Å². The fourth-order valence-corrected chi connectivity index (χ4v) is 4.83. The van der Waals surface area contributed by atoms with Gasteiger partial charge in [0.1, 0.15) is 0 Å². The van der Waals surface area contributed by atoms with Crippen LogP contribution in [0.2, 0.25) is 5.02 Å². The molecule has 3 rings (SSSR count). The summed E-state index contributed by atoms with van der Waals surface area (Å²) in [6, 6.07) is 10.4. The number of piperazine rings is 1. The molecule has 1 saturated heterocycles. The van der Waals surface area contributed by atoms with Crippen LogP contribution in [0.1, 0.15) is 22.8 Å². The van der Waals surface area contributed by atoms with Gasteiger partial charge in [-0.1, -0.05) is 17.7 Å². The summed E-state index contributed by atoms with van der Waals surface area (Å²) < 4.78 is 38.2. The summed E-state index contributed by atoms with van der Waals surface area (Å²) >= 11 is 6.18. The molecule has 2 aromatic carbocycles. The summed E-state index contributed by atoms with van der Waals surface area (Å²) in [5, 5.41) is 9.14. The van der Waals surface area contributed by atoms with Crippen molar-refractivity contribution in [3.05, 3.63) is 52.5 Å². The Hall–Kier alpha value is -2.64. The molecule has 0 N–H and O–H groups in total. The number of benzene rings is 2. The van der Waals surface area contributed by atoms with Gasteiger partial charge in [-0.25, -0.2) is 13.2 Å². The number of nitrogens with zero attached hydrogens (tertiary/aromatic N) is 3. The van der Waals surface area contributed by atoms with Gasteiger partial charge in [0.15, 0.2) is 11.5 Å². The van der Waals surface area contributed by atoms with Gasteiger partial charge in [-0.05, 0) is 38.2 Å². The fourth-order valence-electron chi connectivity index (χ4n) is 3.11. The summed E-state index contributed by atoms with van der Waals surface area (Å²) in [6.45, 7) is 4.05. The molecule has 0 bridgehead atoms. The molecule has 0 amide bonds. The smallest absolute Gasteiger partial charge is 0.343 e. The van der Waals surface area contributed by atoms with Gasteiger partial charge in [-0.15, -0.1) is 0 Å². The summed E-state index contributed by atoms with van der Waals surface area (Å²) in [6.07, 6.45) is 0. The minimum atomic E-state index is -3.74. The van der Waals surface area contributed by atoms with Crippen LogP contribution in [0, 0.1) is 11.3 Å². The molecule has 0 spiro atoms. The Morgan fingerprint density at radius 1 is 1.19 bits per heavy atom. The van der Waals surface area contributed by atoms with Gasteiger partial charge >= 0.3 is 5.97 Å². The monoisotopic (exact) mass is 463 g/mol.